The van der Waals surface area contributed by atoms with E-state index in [-0.39, 0.29) is 18.8 Å². The first kappa shape index (κ1) is 22.2. The Hall–Kier alpha value is -1.45. The molecule has 1 aromatic heterocycles. The maximum Gasteiger partial charge on any atom is 0.282 e. The normalized spacial score (nSPS) is 21.1. The van der Waals surface area contributed by atoms with Gasteiger partial charge in [-0.25, -0.2) is 0 Å². The Balaban J connectivity index is 1.79. The highest BCUT2D eigenvalue weighted by Crippen LogP contribution is 2.23. The maximum absolute atomic E-state index is 13.1. The highest BCUT2D eigenvalue weighted by atomic mass is 35.5. The minimum Gasteiger partial charge on any atom is -0.373 e. The zero-order chi connectivity index (χ0) is 21.3. The molecule has 9 heteroatoms. The third-order valence-electron chi connectivity index (χ3n) is 5.30. The van der Waals surface area contributed by atoms with Crippen molar-refractivity contribution in [2.75, 3.05) is 20.1 Å². The molecule has 0 N–H and O–H groups in total. The first-order valence-corrected chi connectivity index (χ1v) is 11.5. The Morgan fingerprint density at radius 1 is 1.21 bits per heavy atom. The number of aromatic nitrogens is 2. The predicted molar refractivity (Wildman–Crippen MR) is 114 cm³/mol. The fourth-order valence-electron chi connectivity index (χ4n) is 3.73. The molecule has 0 saturated carbocycles. The highest BCUT2D eigenvalue weighted by Gasteiger charge is 2.34. The quantitative estimate of drug-likeness (QED) is 0.692. The van der Waals surface area contributed by atoms with Crippen molar-refractivity contribution in [3.63, 3.8) is 0 Å². The summed E-state index contributed by atoms with van der Waals surface area (Å²) in [5, 5.41) is 5.31. The van der Waals surface area contributed by atoms with Crippen LogP contribution in [-0.4, -0.2) is 59.2 Å². The van der Waals surface area contributed by atoms with Crippen LogP contribution in [0.1, 0.15) is 36.4 Å². The number of aryl methyl sites for hydroxylation is 1. The molecule has 29 heavy (non-hydrogen) atoms. The summed E-state index contributed by atoms with van der Waals surface area (Å²) < 4.78 is 36.6. The molecule has 7 nitrogen and oxygen atoms in total. The van der Waals surface area contributed by atoms with Gasteiger partial charge >= 0.3 is 0 Å². The SMILES string of the molecule is Cc1nn(Cc2ccccc2Cl)c(C)c1CN(C)S(=O)(=O)N1C[C@H](C)O[C@@H](C)C1. The van der Waals surface area contributed by atoms with Gasteiger partial charge in [-0.2, -0.15) is 22.1 Å². The Morgan fingerprint density at radius 2 is 1.83 bits per heavy atom. The third kappa shape index (κ3) is 4.83. The lowest BCUT2D eigenvalue weighted by Gasteiger charge is -2.36. The number of benzene rings is 1. The molecule has 1 aliphatic heterocycles. The van der Waals surface area contributed by atoms with E-state index in [2.05, 4.69) is 5.10 Å². The van der Waals surface area contributed by atoms with Gasteiger partial charge < -0.3 is 4.74 Å². The fourth-order valence-corrected chi connectivity index (χ4v) is 5.40. The summed E-state index contributed by atoms with van der Waals surface area (Å²) >= 11 is 6.28. The number of hydrogen-bond donors (Lipinski definition) is 0. The van der Waals surface area contributed by atoms with Crippen molar-refractivity contribution in [3.8, 4) is 0 Å². The smallest absolute Gasteiger partial charge is 0.282 e. The minimum absolute atomic E-state index is 0.122. The van der Waals surface area contributed by atoms with E-state index in [0.717, 1.165) is 22.5 Å². The number of ether oxygens (including phenoxy) is 1. The van der Waals surface area contributed by atoms with Crippen molar-refractivity contribution >= 4 is 21.8 Å². The Kier molecular flexibility index (Phi) is 6.70. The van der Waals surface area contributed by atoms with Crippen LogP contribution in [0.3, 0.4) is 0 Å². The van der Waals surface area contributed by atoms with E-state index >= 15 is 0 Å². The fraction of sp³-hybridized carbons (Fsp3) is 0.550. The predicted octanol–water partition coefficient (Wildman–Crippen LogP) is 2.99. The summed E-state index contributed by atoms with van der Waals surface area (Å²) in [6, 6.07) is 7.66. The summed E-state index contributed by atoms with van der Waals surface area (Å²) in [4.78, 5) is 0. The Bertz CT molecular complexity index is 966. The summed E-state index contributed by atoms with van der Waals surface area (Å²) in [5.41, 5.74) is 3.65. The molecule has 1 aliphatic rings. The van der Waals surface area contributed by atoms with Crippen LogP contribution < -0.4 is 0 Å². The van der Waals surface area contributed by atoms with E-state index in [4.69, 9.17) is 16.3 Å². The molecule has 0 aliphatic carbocycles. The molecular formula is C20H29ClN4O3S. The molecule has 0 amide bonds. The van der Waals surface area contributed by atoms with Crippen LogP contribution in [0.15, 0.2) is 24.3 Å². The lowest BCUT2D eigenvalue weighted by molar-refractivity contribution is -0.0453. The molecule has 1 saturated heterocycles. The van der Waals surface area contributed by atoms with E-state index in [9.17, 15) is 8.42 Å². The van der Waals surface area contributed by atoms with E-state index in [1.807, 2.05) is 56.6 Å². The molecule has 3 rings (SSSR count). The lowest BCUT2D eigenvalue weighted by Crippen LogP contribution is -2.52. The molecule has 2 heterocycles. The van der Waals surface area contributed by atoms with Gasteiger partial charge in [0.1, 0.15) is 0 Å². The summed E-state index contributed by atoms with van der Waals surface area (Å²) in [5.74, 6) is 0. The molecule has 1 fully saturated rings. The van der Waals surface area contributed by atoms with Crippen LogP contribution in [0.25, 0.3) is 0 Å². The number of nitrogens with zero attached hydrogens (tertiary/aromatic N) is 4. The first-order chi connectivity index (χ1) is 13.6. The van der Waals surface area contributed by atoms with Crippen molar-refractivity contribution in [2.45, 2.75) is 53.0 Å². The topological polar surface area (TPSA) is 67.7 Å². The number of hydrogen-bond acceptors (Lipinski definition) is 4. The van der Waals surface area contributed by atoms with Crippen LogP contribution in [0.4, 0.5) is 0 Å². The van der Waals surface area contributed by atoms with Gasteiger partial charge in [-0.1, -0.05) is 29.8 Å². The van der Waals surface area contributed by atoms with Crippen LogP contribution in [0.2, 0.25) is 5.02 Å². The van der Waals surface area contributed by atoms with E-state index < -0.39 is 10.2 Å². The van der Waals surface area contributed by atoms with Crippen molar-refractivity contribution in [2.24, 2.45) is 0 Å². The second-order valence-electron chi connectivity index (χ2n) is 7.74. The average molecular weight is 441 g/mol. The van der Waals surface area contributed by atoms with E-state index in [1.165, 1.54) is 8.61 Å². The zero-order valence-corrected chi connectivity index (χ0v) is 19.2. The largest absolute Gasteiger partial charge is 0.373 e. The van der Waals surface area contributed by atoms with Gasteiger partial charge in [0.15, 0.2) is 0 Å². The van der Waals surface area contributed by atoms with Crippen molar-refractivity contribution in [1.29, 1.82) is 0 Å². The highest BCUT2D eigenvalue weighted by molar-refractivity contribution is 7.86. The molecule has 160 valence electrons. The van der Waals surface area contributed by atoms with Gasteiger partial charge in [0, 0.05) is 43.0 Å². The summed E-state index contributed by atoms with van der Waals surface area (Å²) in [7, 11) is -1.97. The van der Waals surface area contributed by atoms with Gasteiger partial charge in [0.2, 0.25) is 0 Å². The van der Waals surface area contributed by atoms with Crippen LogP contribution in [0, 0.1) is 13.8 Å². The van der Waals surface area contributed by atoms with Gasteiger partial charge in [0.25, 0.3) is 10.2 Å². The second kappa shape index (κ2) is 8.73. The molecule has 1 aromatic carbocycles. The van der Waals surface area contributed by atoms with Crippen molar-refractivity contribution in [1.82, 2.24) is 18.4 Å². The molecule has 2 aromatic rings. The van der Waals surface area contributed by atoms with Gasteiger partial charge in [0.05, 0.1) is 24.4 Å². The second-order valence-corrected chi connectivity index (χ2v) is 10.2. The molecular weight excluding hydrogens is 412 g/mol. The molecule has 0 radical (unpaired) electrons. The van der Waals surface area contributed by atoms with Crippen LogP contribution in [0.5, 0.6) is 0 Å². The van der Waals surface area contributed by atoms with Crippen LogP contribution >= 0.6 is 11.6 Å². The van der Waals surface area contributed by atoms with E-state index in [1.54, 1.807) is 7.05 Å². The standard InChI is InChI=1S/C20H29ClN4O3S/c1-14-10-24(11-15(2)28-14)29(26,27)23(5)13-19-16(3)22-25(17(19)4)12-18-8-6-7-9-20(18)21/h6-9,14-15H,10-13H2,1-5H3/t14-,15-/m0/s1. The monoisotopic (exact) mass is 440 g/mol. The third-order valence-corrected chi connectivity index (χ3v) is 7.53. The molecule has 2 atom stereocenters. The Labute approximate surface area is 178 Å². The summed E-state index contributed by atoms with van der Waals surface area (Å²) in [6.45, 7) is 9.19. The lowest BCUT2D eigenvalue weighted by atomic mass is 10.2. The zero-order valence-electron chi connectivity index (χ0n) is 17.6. The van der Waals surface area contributed by atoms with Crippen LogP contribution in [-0.2, 0) is 28.0 Å². The van der Waals surface area contributed by atoms with Gasteiger partial charge in [-0.3, -0.25) is 4.68 Å². The first-order valence-electron chi connectivity index (χ1n) is 9.72. The molecule has 0 bridgehead atoms. The average Bonchev–Trinajstić information content (AvgIpc) is 2.90. The van der Waals surface area contributed by atoms with E-state index in [0.29, 0.717) is 24.7 Å². The van der Waals surface area contributed by atoms with Crippen molar-refractivity contribution in [3.05, 3.63) is 51.8 Å². The Morgan fingerprint density at radius 3 is 2.45 bits per heavy atom. The number of halogens is 1. The maximum atomic E-state index is 13.1. The molecule has 0 spiro atoms. The number of morpholine rings is 1. The molecule has 0 unspecified atom stereocenters. The minimum atomic E-state index is -3.59. The van der Waals surface area contributed by atoms with Gasteiger partial charge in [-0.05, 0) is 39.3 Å². The van der Waals surface area contributed by atoms with Gasteiger partial charge in [-0.15, -0.1) is 0 Å². The van der Waals surface area contributed by atoms with Crippen molar-refractivity contribution < 1.29 is 13.2 Å². The number of rotatable bonds is 6. The summed E-state index contributed by atoms with van der Waals surface area (Å²) in [6.07, 6.45) is -0.243.